The molecule has 32 heavy (non-hydrogen) atoms. The zero-order valence-electron chi connectivity index (χ0n) is 18.3. The van der Waals surface area contributed by atoms with Gasteiger partial charge in [0.15, 0.2) is 0 Å². The van der Waals surface area contributed by atoms with Gasteiger partial charge in [0.25, 0.3) is 11.7 Å². The number of aromatic hydroxyl groups is 1. The number of rotatable bonds is 9. The number of phenolic OH excluding ortho intramolecular Hbond substituents is 1. The monoisotopic (exact) mass is 441 g/mol. The number of benzene rings is 2. The molecule has 1 heterocycles. The molecule has 1 aliphatic heterocycles. The van der Waals surface area contributed by atoms with Gasteiger partial charge in [0, 0.05) is 19.7 Å². The lowest BCUT2D eigenvalue weighted by atomic mass is 9.95. The Balaban J connectivity index is 2.19. The summed E-state index contributed by atoms with van der Waals surface area (Å²) in [6.45, 7) is 4.78. The van der Waals surface area contributed by atoms with E-state index < -0.39 is 17.7 Å². The molecular formula is C24H27NO7. The van der Waals surface area contributed by atoms with Gasteiger partial charge in [-0.1, -0.05) is 12.1 Å². The van der Waals surface area contributed by atoms with Crippen LogP contribution in [0.15, 0.2) is 48.0 Å². The number of amides is 1. The highest BCUT2D eigenvalue weighted by atomic mass is 16.5. The summed E-state index contributed by atoms with van der Waals surface area (Å²) in [5.41, 5.74) is 0.678. The Bertz CT molecular complexity index is 1030. The number of Topliss-reactive ketones (excluding diaryl/α,β-unsaturated/α-hetero) is 1. The molecule has 8 heteroatoms. The Morgan fingerprint density at radius 1 is 1.06 bits per heavy atom. The van der Waals surface area contributed by atoms with Gasteiger partial charge < -0.3 is 29.3 Å². The molecule has 170 valence electrons. The summed E-state index contributed by atoms with van der Waals surface area (Å²) in [5.74, 6) is -1.06. The van der Waals surface area contributed by atoms with Crippen molar-refractivity contribution in [1.29, 1.82) is 0 Å². The van der Waals surface area contributed by atoms with Gasteiger partial charge in [0.1, 0.15) is 23.0 Å². The second kappa shape index (κ2) is 10.2. The van der Waals surface area contributed by atoms with Gasteiger partial charge >= 0.3 is 0 Å². The zero-order chi connectivity index (χ0) is 23.3. The molecule has 0 spiro atoms. The van der Waals surface area contributed by atoms with Crippen molar-refractivity contribution >= 4 is 17.4 Å². The van der Waals surface area contributed by atoms with E-state index in [0.29, 0.717) is 30.3 Å². The molecule has 0 radical (unpaired) electrons. The molecule has 2 aromatic rings. The Kier molecular flexibility index (Phi) is 7.37. The van der Waals surface area contributed by atoms with E-state index in [4.69, 9.17) is 14.2 Å². The Labute approximate surface area is 186 Å². The first-order valence-electron chi connectivity index (χ1n) is 10.4. The molecule has 1 atom stereocenters. The second-order valence-corrected chi connectivity index (χ2v) is 7.10. The predicted octanol–water partition coefficient (Wildman–Crippen LogP) is 3.26. The molecule has 0 aromatic heterocycles. The van der Waals surface area contributed by atoms with Crippen molar-refractivity contribution < 1.29 is 34.0 Å². The molecule has 8 nitrogen and oxygen atoms in total. The molecule has 3 rings (SSSR count). The Hall–Kier alpha value is -3.52. The van der Waals surface area contributed by atoms with E-state index in [0.717, 1.165) is 0 Å². The molecule has 0 saturated carbocycles. The Morgan fingerprint density at radius 3 is 2.47 bits per heavy atom. The maximum atomic E-state index is 13.0. The minimum atomic E-state index is -0.890. The van der Waals surface area contributed by atoms with Crippen molar-refractivity contribution in [2.24, 2.45) is 0 Å². The quantitative estimate of drug-likeness (QED) is 0.350. The standard InChI is InChI=1S/C24H27NO7/c1-4-31-17-9-10-18(19(14-17)32-5-2)22(27)20-21(15-7-6-8-16(26)13-15)25(11-12-30-3)24(29)23(20)28/h6-10,13-14,21,26-27H,4-5,11-12H2,1-3H3/b22-20-. The van der Waals surface area contributed by atoms with Gasteiger partial charge in [0.05, 0.1) is 37.0 Å². The maximum Gasteiger partial charge on any atom is 0.295 e. The average molecular weight is 441 g/mol. The first-order valence-corrected chi connectivity index (χ1v) is 10.4. The smallest absolute Gasteiger partial charge is 0.295 e. The van der Waals surface area contributed by atoms with Gasteiger partial charge in [-0.15, -0.1) is 0 Å². The lowest BCUT2D eigenvalue weighted by molar-refractivity contribution is -0.140. The molecule has 2 N–H and O–H groups in total. The molecule has 1 amide bonds. The number of likely N-dealkylation sites (tertiary alicyclic amines) is 1. The fourth-order valence-electron chi connectivity index (χ4n) is 3.72. The van der Waals surface area contributed by atoms with E-state index in [-0.39, 0.29) is 35.8 Å². The number of carbonyl (C=O) groups excluding carboxylic acids is 2. The molecule has 1 fully saturated rings. The second-order valence-electron chi connectivity index (χ2n) is 7.10. The summed E-state index contributed by atoms with van der Waals surface area (Å²) in [4.78, 5) is 27.2. The number of ketones is 1. The molecule has 1 saturated heterocycles. The number of aliphatic hydroxyl groups is 1. The molecule has 0 aliphatic carbocycles. The average Bonchev–Trinajstić information content (AvgIpc) is 3.02. The highest BCUT2D eigenvalue weighted by molar-refractivity contribution is 6.46. The van der Waals surface area contributed by atoms with Crippen LogP contribution < -0.4 is 9.47 Å². The van der Waals surface area contributed by atoms with E-state index in [9.17, 15) is 19.8 Å². The van der Waals surface area contributed by atoms with Crippen molar-refractivity contribution in [2.45, 2.75) is 19.9 Å². The number of hydrogen-bond donors (Lipinski definition) is 2. The summed E-state index contributed by atoms with van der Waals surface area (Å²) in [7, 11) is 1.49. The number of nitrogens with zero attached hydrogens (tertiary/aromatic N) is 1. The maximum absolute atomic E-state index is 13.0. The number of carbonyl (C=O) groups is 2. The minimum Gasteiger partial charge on any atom is -0.508 e. The van der Waals surface area contributed by atoms with Crippen LogP contribution in [0.2, 0.25) is 0 Å². The molecule has 1 unspecified atom stereocenters. The minimum absolute atomic E-state index is 0.0177. The number of aliphatic hydroxyl groups excluding tert-OH is 1. The van der Waals surface area contributed by atoms with Crippen molar-refractivity contribution in [3.05, 3.63) is 59.2 Å². The lowest BCUT2D eigenvalue weighted by Crippen LogP contribution is -2.32. The summed E-state index contributed by atoms with van der Waals surface area (Å²) >= 11 is 0. The van der Waals surface area contributed by atoms with Crippen LogP contribution >= 0.6 is 0 Å². The lowest BCUT2D eigenvalue weighted by Gasteiger charge is -2.25. The third-order valence-corrected chi connectivity index (χ3v) is 5.08. The highest BCUT2D eigenvalue weighted by Crippen LogP contribution is 2.42. The van der Waals surface area contributed by atoms with Crippen LogP contribution in [0.4, 0.5) is 0 Å². The van der Waals surface area contributed by atoms with E-state index in [1.165, 1.54) is 24.1 Å². The SMILES string of the molecule is CCOc1ccc(/C(O)=C2/C(=O)C(=O)N(CCOC)C2c2cccc(O)c2)c(OCC)c1. The Morgan fingerprint density at radius 2 is 1.81 bits per heavy atom. The fourth-order valence-corrected chi connectivity index (χ4v) is 3.72. The van der Waals surface area contributed by atoms with Crippen LogP contribution in [0.5, 0.6) is 17.2 Å². The zero-order valence-corrected chi connectivity index (χ0v) is 18.3. The fraction of sp³-hybridized carbons (Fsp3) is 0.333. The summed E-state index contributed by atoms with van der Waals surface area (Å²) in [5, 5.41) is 21.2. The van der Waals surface area contributed by atoms with Crippen LogP contribution in [-0.4, -0.2) is 60.3 Å². The summed E-state index contributed by atoms with van der Waals surface area (Å²) < 4.78 is 16.3. The van der Waals surface area contributed by atoms with Crippen molar-refractivity contribution in [3.8, 4) is 17.2 Å². The molecular weight excluding hydrogens is 414 g/mol. The van der Waals surface area contributed by atoms with E-state index in [1.54, 1.807) is 37.3 Å². The number of phenols is 1. The van der Waals surface area contributed by atoms with Gasteiger partial charge in [-0.25, -0.2) is 0 Å². The van der Waals surface area contributed by atoms with E-state index in [1.807, 2.05) is 6.92 Å². The predicted molar refractivity (Wildman–Crippen MR) is 118 cm³/mol. The third-order valence-electron chi connectivity index (χ3n) is 5.08. The van der Waals surface area contributed by atoms with Crippen LogP contribution in [0.3, 0.4) is 0 Å². The molecule has 2 aromatic carbocycles. The van der Waals surface area contributed by atoms with Crippen LogP contribution in [-0.2, 0) is 14.3 Å². The van der Waals surface area contributed by atoms with E-state index in [2.05, 4.69) is 0 Å². The van der Waals surface area contributed by atoms with Gasteiger partial charge in [-0.2, -0.15) is 0 Å². The highest BCUT2D eigenvalue weighted by Gasteiger charge is 2.46. The van der Waals surface area contributed by atoms with Crippen LogP contribution in [0.25, 0.3) is 5.76 Å². The topological polar surface area (TPSA) is 106 Å². The first-order chi connectivity index (χ1) is 15.4. The van der Waals surface area contributed by atoms with E-state index >= 15 is 0 Å². The van der Waals surface area contributed by atoms with Crippen LogP contribution in [0.1, 0.15) is 31.0 Å². The van der Waals surface area contributed by atoms with Gasteiger partial charge in [-0.3, -0.25) is 9.59 Å². The summed E-state index contributed by atoms with van der Waals surface area (Å²) in [6, 6.07) is 10.2. The number of hydrogen-bond acceptors (Lipinski definition) is 7. The van der Waals surface area contributed by atoms with Crippen molar-refractivity contribution in [1.82, 2.24) is 4.90 Å². The van der Waals surface area contributed by atoms with Crippen molar-refractivity contribution in [3.63, 3.8) is 0 Å². The van der Waals surface area contributed by atoms with Crippen molar-refractivity contribution in [2.75, 3.05) is 33.5 Å². The third kappa shape index (κ3) is 4.55. The van der Waals surface area contributed by atoms with Gasteiger partial charge in [-0.05, 0) is 43.7 Å². The molecule has 0 bridgehead atoms. The molecule has 1 aliphatic rings. The largest absolute Gasteiger partial charge is 0.508 e. The van der Waals surface area contributed by atoms with Gasteiger partial charge in [0.2, 0.25) is 0 Å². The number of methoxy groups -OCH3 is 1. The summed E-state index contributed by atoms with van der Waals surface area (Å²) in [6.07, 6.45) is 0. The number of ether oxygens (including phenoxy) is 3. The normalized spacial score (nSPS) is 17.6. The van der Waals surface area contributed by atoms with Crippen LogP contribution in [0, 0.1) is 0 Å². The first kappa shape index (κ1) is 23.1.